The molecule has 2 rings (SSSR count). The molecule has 0 radical (unpaired) electrons. The van der Waals surface area contributed by atoms with Crippen LogP contribution < -0.4 is 0 Å². The third-order valence-electron chi connectivity index (χ3n) is 2.91. The largest absolute Gasteiger partial charge is 0.463 e. The van der Waals surface area contributed by atoms with Crippen LogP contribution in [0.1, 0.15) is 25.3 Å². The fourth-order valence-electron chi connectivity index (χ4n) is 2.05. The van der Waals surface area contributed by atoms with E-state index >= 15 is 0 Å². The minimum Gasteiger partial charge on any atom is -0.463 e. The smallest absolute Gasteiger partial charge is 0.336 e. The maximum Gasteiger partial charge on any atom is 0.336 e. The lowest BCUT2D eigenvalue weighted by Crippen LogP contribution is -2.19. The van der Waals surface area contributed by atoms with Gasteiger partial charge in [0.05, 0.1) is 18.3 Å². The highest BCUT2D eigenvalue weighted by atomic mass is 16.5. The lowest BCUT2D eigenvalue weighted by Gasteiger charge is -2.13. The number of hydrogen-bond donors (Lipinski definition) is 0. The Labute approximate surface area is 107 Å². The molecule has 1 fully saturated rings. The third-order valence-corrected chi connectivity index (χ3v) is 2.91. The molecular formula is C15H18O3. The van der Waals surface area contributed by atoms with Crippen molar-refractivity contribution in [2.24, 2.45) is 0 Å². The molecule has 1 unspecified atom stereocenters. The zero-order valence-electron chi connectivity index (χ0n) is 10.6. The van der Waals surface area contributed by atoms with E-state index in [1.807, 2.05) is 43.3 Å². The number of carbonyl (C=O) groups excluding carboxylic acids is 1. The average molecular weight is 246 g/mol. The molecule has 0 bridgehead atoms. The predicted octanol–water partition coefficient (Wildman–Crippen LogP) is 2.81. The average Bonchev–Trinajstić information content (AvgIpc) is 2.91. The number of rotatable bonds is 4. The molecule has 18 heavy (non-hydrogen) atoms. The van der Waals surface area contributed by atoms with Crippen LogP contribution in [0.15, 0.2) is 35.9 Å². The number of carbonyl (C=O) groups is 1. The molecule has 1 aromatic rings. The summed E-state index contributed by atoms with van der Waals surface area (Å²) in [5.74, 6) is -0.270. The molecule has 0 aliphatic carbocycles. The van der Waals surface area contributed by atoms with Crippen molar-refractivity contribution in [1.29, 1.82) is 0 Å². The van der Waals surface area contributed by atoms with Crippen molar-refractivity contribution in [1.82, 2.24) is 0 Å². The summed E-state index contributed by atoms with van der Waals surface area (Å²) < 4.78 is 10.7. The van der Waals surface area contributed by atoms with Crippen LogP contribution in [0.3, 0.4) is 0 Å². The van der Waals surface area contributed by atoms with E-state index in [4.69, 9.17) is 9.47 Å². The molecule has 3 nitrogen and oxygen atoms in total. The monoisotopic (exact) mass is 246 g/mol. The maximum absolute atomic E-state index is 12.0. The van der Waals surface area contributed by atoms with E-state index in [1.54, 1.807) is 0 Å². The lowest BCUT2D eigenvalue weighted by atomic mass is 10.0. The van der Waals surface area contributed by atoms with Gasteiger partial charge in [-0.1, -0.05) is 30.3 Å². The van der Waals surface area contributed by atoms with E-state index in [-0.39, 0.29) is 12.1 Å². The number of esters is 1. The molecule has 0 amide bonds. The van der Waals surface area contributed by atoms with E-state index in [1.165, 1.54) is 0 Å². The Bertz CT molecular complexity index is 417. The minimum atomic E-state index is -0.270. The van der Waals surface area contributed by atoms with Gasteiger partial charge in [0.1, 0.15) is 0 Å². The van der Waals surface area contributed by atoms with E-state index in [0.29, 0.717) is 12.2 Å². The van der Waals surface area contributed by atoms with Crippen LogP contribution in [-0.2, 0) is 14.3 Å². The predicted molar refractivity (Wildman–Crippen MR) is 70.0 cm³/mol. The van der Waals surface area contributed by atoms with Gasteiger partial charge in [-0.25, -0.2) is 4.79 Å². The van der Waals surface area contributed by atoms with Gasteiger partial charge in [0.25, 0.3) is 0 Å². The summed E-state index contributed by atoms with van der Waals surface area (Å²) in [5, 5.41) is 0. The van der Waals surface area contributed by atoms with Crippen molar-refractivity contribution in [2.75, 3.05) is 13.2 Å². The number of hydrogen-bond acceptors (Lipinski definition) is 3. The Kier molecular flexibility index (Phi) is 4.53. The summed E-state index contributed by atoms with van der Waals surface area (Å²) in [6.07, 6.45) is 3.63. The second kappa shape index (κ2) is 6.36. The highest BCUT2D eigenvalue weighted by molar-refractivity contribution is 5.94. The molecule has 1 heterocycles. The summed E-state index contributed by atoms with van der Waals surface area (Å²) in [6.45, 7) is 2.92. The van der Waals surface area contributed by atoms with Gasteiger partial charge < -0.3 is 9.47 Å². The van der Waals surface area contributed by atoms with Crippen LogP contribution in [0.25, 0.3) is 6.08 Å². The molecule has 1 aliphatic rings. The van der Waals surface area contributed by atoms with Gasteiger partial charge in [0.2, 0.25) is 0 Å². The van der Waals surface area contributed by atoms with E-state index < -0.39 is 0 Å². The topological polar surface area (TPSA) is 35.5 Å². The normalized spacial score (nSPS) is 19.8. The van der Waals surface area contributed by atoms with Crippen molar-refractivity contribution < 1.29 is 14.3 Å². The minimum absolute atomic E-state index is 0.121. The third kappa shape index (κ3) is 3.20. The Morgan fingerprint density at radius 3 is 2.83 bits per heavy atom. The van der Waals surface area contributed by atoms with Crippen molar-refractivity contribution in [3.05, 3.63) is 41.5 Å². The van der Waals surface area contributed by atoms with Crippen LogP contribution in [-0.4, -0.2) is 25.3 Å². The van der Waals surface area contributed by atoms with Crippen molar-refractivity contribution >= 4 is 12.0 Å². The van der Waals surface area contributed by atoms with Crippen LogP contribution >= 0.6 is 0 Å². The lowest BCUT2D eigenvalue weighted by molar-refractivity contribution is -0.139. The zero-order chi connectivity index (χ0) is 12.8. The summed E-state index contributed by atoms with van der Waals surface area (Å²) in [4.78, 5) is 12.0. The highest BCUT2D eigenvalue weighted by Gasteiger charge is 2.26. The van der Waals surface area contributed by atoms with Gasteiger partial charge >= 0.3 is 5.97 Å². The molecule has 1 aliphatic heterocycles. The Balaban J connectivity index is 2.23. The van der Waals surface area contributed by atoms with E-state index in [9.17, 15) is 4.79 Å². The first kappa shape index (κ1) is 12.8. The highest BCUT2D eigenvalue weighted by Crippen LogP contribution is 2.23. The molecule has 96 valence electrons. The van der Waals surface area contributed by atoms with E-state index in [2.05, 4.69) is 0 Å². The molecule has 0 saturated carbocycles. The first-order valence-corrected chi connectivity index (χ1v) is 6.36. The SMILES string of the molecule is CCOC(=O)C(=Cc1ccccc1)C1CCCO1. The van der Waals surface area contributed by atoms with Crippen molar-refractivity contribution in [3.63, 3.8) is 0 Å². The molecule has 1 atom stereocenters. The van der Waals surface area contributed by atoms with Gasteiger partial charge in [-0.15, -0.1) is 0 Å². The zero-order valence-corrected chi connectivity index (χ0v) is 10.6. The van der Waals surface area contributed by atoms with Gasteiger partial charge in [-0.3, -0.25) is 0 Å². The molecule has 3 heteroatoms. The fraction of sp³-hybridized carbons (Fsp3) is 0.400. The summed E-state index contributed by atoms with van der Waals surface area (Å²) in [6, 6.07) is 9.78. The van der Waals surface area contributed by atoms with Crippen molar-refractivity contribution in [3.8, 4) is 0 Å². The van der Waals surface area contributed by atoms with Crippen molar-refractivity contribution in [2.45, 2.75) is 25.9 Å². The Morgan fingerprint density at radius 2 is 2.22 bits per heavy atom. The molecule has 1 aromatic carbocycles. The van der Waals surface area contributed by atoms with Gasteiger partial charge in [0.15, 0.2) is 0 Å². The quantitative estimate of drug-likeness (QED) is 0.605. The summed E-state index contributed by atoms with van der Waals surface area (Å²) in [5.41, 5.74) is 1.62. The fourth-order valence-corrected chi connectivity index (χ4v) is 2.05. The van der Waals surface area contributed by atoms with Crippen LogP contribution in [0.5, 0.6) is 0 Å². The molecule has 0 aromatic heterocycles. The molecule has 1 saturated heterocycles. The first-order valence-electron chi connectivity index (χ1n) is 6.36. The van der Waals surface area contributed by atoms with Gasteiger partial charge in [-0.2, -0.15) is 0 Å². The maximum atomic E-state index is 12.0. The molecule has 0 N–H and O–H groups in total. The molecular weight excluding hydrogens is 228 g/mol. The second-order valence-electron chi connectivity index (χ2n) is 4.23. The standard InChI is InChI=1S/C15H18O3/c1-2-17-15(16)13(14-9-6-10-18-14)11-12-7-4-3-5-8-12/h3-5,7-8,11,14H,2,6,9-10H2,1H3. The van der Waals surface area contributed by atoms with Crippen LogP contribution in [0.2, 0.25) is 0 Å². The first-order chi connectivity index (χ1) is 8.81. The van der Waals surface area contributed by atoms with Gasteiger partial charge in [-0.05, 0) is 31.4 Å². The van der Waals surface area contributed by atoms with Gasteiger partial charge in [0, 0.05) is 6.61 Å². The molecule has 0 spiro atoms. The number of ether oxygens (including phenoxy) is 2. The second-order valence-corrected chi connectivity index (χ2v) is 4.23. The van der Waals surface area contributed by atoms with Crippen LogP contribution in [0.4, 0.5) is 0 Å². The number of benzene rings is 1. The summed E-state index contributed by atoms with van der Waals surface area (Å²) in [7, 11) is 0. The Morgan fingerprint density at radius 1 is 1.44 bits per heavy atom. The van der Waals surface area contributed by atoms with E-state index in [0.717, 1.165) is 25.0 Å². The summed E-state index contributed by atoms with van der Waals surface area (Å²) >= 11 is 0. The Hall–Kier alpha value is -1.61. The van der Waals surface area contributed by atoms with Crippen LogP contribution in [0, 0.1) is 0 Å².